The van der Waals surface area contributed by atoms with Gasteiger partial charge in [0.15, 0.2) is 5.03 Å². The summed E-state index contributed by atoms with van der Waals surface area (Å²) < 4.78 is 27.5. The minimum absolute atomic E-state index is 0.200. The molecule has 0 radical (unpaired) electrons. The lowest BCUT2D eigenvalue weighted by Gasteiger charge is -2.08. The van der Waals surface area contributed by atoms with Crippen molar-refractivity contribution in [1.82, 2.24) is 14.3 Å². The van der Waals surface area contributed by atoms with E-state index in [4.69, 9.17) is 0 Å². The standard InChI is InChI=1S/C9H17N3O2S/c1-8(2)4-5-11-15(13,14)9-6-10-7-12(9)3/h6-8,11H,4-5H2,1-3H3. The van der Waals surface area contributed by atoms with Crippen LogP contribution in [0, 0.1) is 5.92 Å². The highest BCUT2D eigenvalue weighted by molar-refractivity contribution is 7.89. The third-order valence-electron chi connectivity index (χ3n) is 2.06. The first-order chi connectivity index (χ1) is 6.93. The second-order valence-corrected chi connectivity index (χ2v) is 5.64. The van der Waals surface area contributed by atoms with Gasteiger partial charge < -0.3 is 4.57 Å². The van der Waals surface area contributed by atoms with Crippen molar-refractivity contribution in [3.8, 4) is 0 Å². The van der Waals surface area contributed by atoms with E-state index in [1.807, 2.05) is 0 Å². The van der Waals surface area contributed by atoms with Crippen LogP contribution in [0.3, 0.4) is 0 Å². The van der Waals surface area contributed by atoms with Crippen LogP contribution in [0.15, 0.2) is 17.6 Å². The lowest BCUT2D eigenvalue weighted by molar-refractivity contribution is 0.545. The zero-order valence-electron chi connectivity index (χ0n) is 9.27. The molecule has 0 amide bonds. The molecule has 0 aliphatic carbocycles. The van der Waals surface area contributed by atoms with Gasteiger partial charge in [-0.1, -0.05) is 13.8 Å². The average Bonchev–Trinajstić information content (AvgIpc) is 2.50. The smallest absolute Gasteiger partial charge is 0.257 e. The Kier molecular flexibility index (Phi) is 3.87. The highest BCUT2D eigenvalue weighted by atomic mass is 32.2. The summed E-state index contributed by atoms with van der Waals surface area (Å²) in [5.41, 5.74) is 0. The predicted molar refractivity (Wildman–Crippen MR) is 57.9 cm³/mol. The molecule has 0 bridgehead atoms. The number of aromatic nitrogens is 2. The van der Waals surface area contributed by atoms with Crippen LogP contribution in [0.5, 0.6) is 0 Å². The molecule has 0 unspecified atom stereocenters. The molecule has 0 saturated heterocycles. The highest BCUT2D eigenvalue weighted by Crippen LogP contribution is 2.06. The maximum absolute atomic E-state index is 11.7. The van der Waals surface area contributed by atoms with Crippen LogP contribution in [0.2, 0.25) is 0 Å². The van der Waals surface area contributed by atoms with E-state index in [1.54, 1.807) is 7.05 Å². The maximum atomic E-state index is 11.7. The van der Waals surface area contributed by atoms with E-state index in [0.717, 1.165) is 6.42 Å². The van der Waals surface area contributed by atoms with Gasteiger partial charge in [-0.05, 0) is 12.3 Å². The van der Waals surface area contributed by atoms with E-state index >= 15 is 0 Å². The fraction of sp³-hybridized carbons (Fsp3) is 0.667. The predicted octanol–water partition coefficient (Wildman–Crippen LogP) is 0.745. The summed E-state index contributed by atoms with van der Waals surface area (Å²) in [5.74, 6) is 0.485. The Morgan fingerprint density at radius 3 is 2.67 bits per heavy atom. The number of rotatable bonds is 5. The van der Waals surface area contributed by atoms with Crippen LogP contribution in [0.25, 0.3) is 0 Å². The third kappa shape index (κ3) is 3.32. The topological polar surface area (TPSA) is 64.0 Å². The molecule has 86 valence electrons. The first-order valence-electron chi connectivity index (χ1n) is 4.89. The van der Waals surface area contributed by atoms with E-state index in [0.29, 0.717) is 12.5 Å². The second kappa shape index (κ2) is 4.76. The quantitative estimate of drug-likeness (QED) is 0.813. The van der Waals surface area contributed by atoms with Crippen molar-refractivity contribution in [3.05, 3.63) is 12.5 Å². The van der Waals surface area contributed by atoms with Crippen molar-refractivity contribution in [2.75, 3.05) is 6.54 Å². The molecule has 0 aliphatic rings. The molecule has 0 aliphatic heterocycles. The molecular formula is C9H17N3O2S. The van der Waals surface area contributed by atoms with Gasteiger partial charge >= 0.3 is 0 Å². The Balaban J connectivity index is 2.65. The molecule has 0 spiro atoms. The summed E-state index contributed by atoms with van der Waals surface area (Å²) in [4.78, 5) is 3.77. The number of aryl methyl sites for hydroxylation is 1. The van der Waals surface area contributed by atoms with Gasteiger partial charge in [-0.3, -0.25) is 0 Å². The SMILES string of the molecule is CC(C)CCNS(=O)(=O)c1cncn1C. The molecule has 0 saturated carbocycles. The van der Waals surface area contributed by atoms with Crippen molar-refractivity contribution >= 4 is 10.0 Å². The second-order valence-electron chi connectivity index (χ2n) is 3.92. The van der Waals surface area contributed by atoms with Gasteiger partial charge in [0.25, 0.3) is 10.0 Å². The average molecular weight is 231 g/mol. The lowest BCUT2D eigenvalue weighted by atomic mass is 10.1. The summed E-state index contributed by atoms with van der Waals surface area (Å²) in [6.07, 6.45) is 3.64. The molecule has 1 aromatic rings. The molecule has 1 rings (SSSR count). The van der Waals surface area contributed by atoms with Crippen LogP contribution in [0.4, 0.5) is 0 Å². The molecular weight excluding hydrogens is 214 g/mol. The van der Waals surface area contributed by atoms with Crippen molar-refractivity contribution < 1.29 is 8.42 Å². The van der Waals surface area contributed by atoms with Crippen LogP contribution in [-0.4, -0.2) is 24.5 Å². The fourth-order valence-electron chi connectivity index (χ4n) is 1.16. The van der Waals surface area contributed by atoms with E-state index in [2.05, 4.69) is 23.6 Å². The van der Waals surface area contributed by atoms with Gasteiger partial charge in [-0.25, -0.2) is 18.1 Å². The normalized spacial score (nSPS) is 12.3. The van der Waals surface area contributed by atoms with Crippen LogP contribution in [-0.2, 0) is 17.1 Å². The van der Waals surface area contributed by atoms with Gasteiger partial charge in [0.1, 0.15) is 0 Å². The molecule has 1 aromatic heterocycles. The Bertz CT molecular complexity index is 409. The Morgan fingerprint density at radius 2 is 2.20 bits per heavy atom. The van der Waals surface area contributed by atoms with Gasteiger partial charge in [0.05, 0.1) is 12.5 Å². The number of hydrogen-bond acceptors (Lipinski definition) is 3. The van der Waals surface area contributed by atoms with Crippen LogP contribution < -0.4 is 4.72 Å². The van der Waals surface area contributed by atoms with Crippen molar-refractivity contribution in [3.63, 3.8) is 0 Å². The van der Waals surface area contributed by atoms with Gasteiger partial charge in [0.2, 0.25) is 0 Å². The van der Waals surface area contributed by atoms with Gasteiger partial charge in [-0.15, -0.1) is 0 Å². The molecule has 1 heterocycles. The molecule has 0 aromatic carbocycles. The van der Waals surface area contributed by atoms with Crippen LogP contribution in [0.1, 0.15) is 20.3 Å². The summed E-state index contributed by atoms with van der Waals surface area (Å²) in [6, 6.07) is 0. The largest absolute Gasteiger partial charge is 0.324 e. The molecule has 0 fully saturated rings. The molecule has 6 heteroatoms. The zero-order valence-corrected chi connectivity index (χ0v) is 10.1. The molecule has 15 heavy (non-hydrogen) atoms. The van der Waals surface area contributed by atoms with E-state index in [1.165, 1.54) is 17.1 Å². The van der Waals surface area contributed by atoms with Gasteiger partial charge in [-0.2, -0.15) is 0 Å². The highest BCUT2D eigenvalue weighted by Gasteiger charge is 2.16. The summed E-state index contributed by atoms with van der Waals surface area (Å²) >= 11 is 0. The molecule has 0 atom stereocenters. The van der Waals surface area contributed by atoms with Crippen molar-refractivity contribution in [2.24, 2.45) is 13.0 Å². The fourth-order valence-corrected chi connectivity index (χ4v) is 2.32. The first kappa shape index (κ1) is 12.2. The maximum Gasteiger partial charge on any atom is 0.257 e. The lowest BCUT2D eigenvalue weighted by Crippen LogP contribution is -2.27. The number of nitrogens with one attached hydrogen (secondary N) is 1. The van der Waals surface area contributed by atoms with E-state index < -0.39 is 10.0 Å². The number of nitrogens with zero attached hydrogens (tertiary/aromatic N) is 2. The van der Waals surface area contributed by atoms with Crippen LogP contribution >= 0.6 is 0 Å². The first-order valence-corrected chi connectivity index (χ1v) is 6.38. The van der Waals surface area contributed by atoms with Gasteiger partial charge in [0, 0.05) is 13.6 Å². The number of hydrogen-bond donors (Lipinski definition) is 1. The zero-order chi connectivity index (χ0) is 11.5. The minimum Gasteiger partial charge on any atom is -0.324 e. The Morgan fingerprint density at radius 1 is 1.53 bits per heavy atom. The van der Waals surface area contributed by atoms with E-state index in [9.17, 15) is 8.42 Å². The van der Waals surface area contributed by atoms with Crippen molar-refractivity contribution in [1.29, 1.82) is 0 Å². The molecule has 5 nitrogen and oxygen atoms in total. The van der Waals surface area contributed by atoms with E-state index in [-0.39, 0.29) is 5.03 Å². The number of imidazole rings is 1. The number of sulfonamides is 1. The molecule has 1 N–H and O–H groups in total. The summed E-state index contributed by atoms with van der Waals surface area (Å²) in [5, 5.41) is 0.200. The Hall–Kier alpha value is -0.880. The Labute approximate surface area is 90.6 Å². The monoisotopic (exact) mass is 231 g/mol. The summed E-state index contributed by atoms with van der Waals surface area (Å²) in [6.45, 7) is 4.57. The minimum atomic E-state index is -3.39. The summed E-state index contributed by atoms with van der Waals surface area (Å²) in [7, 11) is -1.74. The van der Waals surface area contributed by atoms with Crippen molar-refractivity contribution in [2.45, 2.75) is 25.3 Å². The third-order valence-corrected chi connectivity index (χ3v) is 3.59.